The van der Waals surface area contributed by atoms with Gasteiger partial charge in [-0.25, -0.2) is 0 Å². The summed E-state index contributed by atoms with van der Waals surface area (Å²) in [6, 6.07) is -0.178. The Morgan fingerprint density at radius 2 is 2.00 bits per heavy atom. The molecule has 0 aromatic heterocycles. The number of thiocarbonyl (C=S) groups is 1. The highest BCUT2D eigenvalue weighted by atomic mass is 32.1. The number of nitrogens with two attached hydrogens (primary N) is 1. The van der Waals surface area contributed by atoms with Crippen molar-refractivity contribution in [1.82, 2.24) is 5.32 Å². The predicted octanol–water partition coefficient (Wildman–Crippen LogP) is 0.433. The third-order valence-corrected chi connectivity index (χ3v) is 1.59. The van der Waals surface area contributed by atoms with Crippen molar-refractivity contribution >= 4 is 23.1 Å². The summed E-state index contributed by atoms with van der Waals surface area (Å²) in [7, 11) is 0. The number of hydrogen-bond acceptors (Lipinski definition) is 2. The van der Waals surface area contributed by atoms with Gasteiger partial charge in [0.05, 0.1) is 11.0 Å². The number of rotatable bonds is 3. The molecule has 0 radical (unpaired) electrons. The molecule has 0 saturated carbocycles. The van der Waals surface area contributed by atoms with Crippen molar-refractivity contribution in [2.24, 2.45) is 11.7 Å². The molecule has 4 heteroatoms. The van der Waals surface area contributed by atoms with Crippen LogP contribution in [0, 0.1) is 5.92 Å². The first-order valence-electron chi connectivity index (χ1n) is 3.51. The van der Waals surface area contributed by atoms with Crippen molar-refractivity contribution in [3.8, 4) is 0 Å². The summed E-state index contributed by atoms with van der Waals surface area (Å²) in [5.41, 5.74) is 5.40. The van der Waals surface area contributed by atoms with Gasteiger partial charge in [0.1, 0.15) is 0 Å². The van der Waals surface area contributed by atoms with Gasteiger partial charge in [0.2, 0.25) is 5.91 Å². The first kappa shape index (κ1) is 10.4. The highest BCUT2D eigenvalue weighted by Crippen LogP contribution is 2.01. The maximum Gasteiger partial charge on any atom is 0.217 e. The van der Waals surface area contributed by atoms with Crippen molar-refractivity contribution in [3.05, 3.63) is 0 Å². The standard InChI is InChI=1S/C7H14N2OS/c1-4(2)6(7(8)11)9-5(3)10/h4,6H,1-3H3,(H2,8,11)(H,9,10). The molecule has 1 atom stereocenters. The van der Waals surface area contributed by atoms with Gasteiger partial charge in [-0.15, -0.1) is 0 Å². The van der Waals surface area contributed by atoms with Crippen LogP contribution in [0.2, 0.25) is 0 Å². The Morgan fingerprint density at radius 1 is 1.55 bits per heavy atom. The molecule has 0 spiro atoms. The molecule has 1 amide bonds. The van der Waals surface area contributed by atoms with E-state index >= 15 is 0 Å². The Balaban J connectivity index is 4.12. The zero-order valence-corrected chi connectivity index (χ0v) is 7.87. The third kappa shape index (κ3) is 3.93. The average Bonchev–Trinajstić information content (AvgIpc) is 1.81. The molecule has 1 unspecified atom stereocenters. The second-order valence-corrected chi connectivity index (χ2v) is 3.30. The third-order valence-electron chi connectivity index (χ3n) is 1.33. The van der Waals surface area contributed by atoms with Crippen LogP contribution >= 0.6 is 12.2 Å². The van der Waals surface area contributed by atoms with Crippen LogP contribution in [0.3, 0.4) is 0 Å². The van der Waals surface area contributed by atoms with Crippen LogP contribution in [0.4, 0.5) is 0 Å². The molecule has 0 rings (SSSR count). The van der Waals surface area contributed by atoms with Crippen LogP contribution in [0.1, 0.15) is 20.8 Å². The minimum Gasteiger partial charge on any atom is -0.392 e. The SMILES string of the molecule is CC(=O)NC(C(N)=S)C(C)C. The van der Waals surface area contributed by atoms with Crippen molar-refractivity contribution in [3.63, 3.8) is 0 Å². The topological polar surface area (TPSA) is 55.1 Å². The minimum absolute atomic E-state index is 0.100. The highest BCUT2D eigenvalue weighted by Gasteiger charge is 2.16. The molecule has 11 heavy (non-hydrogen) atoms. The fraction of sp³-hybridized carbons (Fsp3) is 0.714. The number of hydrogen-bond donors (Lipinski definition) is 2. The van der Waals surface area contributed by atoms with Gasteiger partial charge in [-0.3, -0.25) is 4.79 Å². The van der Waals surface area contributed by atoms with Gasteiger partial charge in [-0.2, -0.15) is 0 Å². The smallest absolute Gasteiger partial charge is 0.217 e. The van der Waals surface area contributed by atoms with Crippen LogP contribution in [-0.2, 0) is 4.79 Å². The summed E-state index contributed by atoms with van der Waals surface area (Å²) >= 11 is 4.77. The Kier molecular flexibility index (Phi) is 4.03. The lowest BCUT2D eigenvalue weighted by Gasteiger charge is -2.19. The molecule has 0 saturated heterocycles. The van der Waals surface area contributed by atoms with Crippen LogP contribution in [0.15, 0.2) is 0 Å². The fourth-order valence-electron chi connectivity index (χ4n) is 0.785. The Hall–Kier alpha value is -0.640. The molecule has 0 aromatic rings. The van der Waals surface area contributed by atoms with E-state index in [0.717, 1.165) is 0 Å². The van der Waals surface area contributed by atoms with E-state index in [1.165, 1.54) is 6.92 Å². The molecule has 3 N–H and O–H groups in total. The molecule has 0 aliphatic carbocycles. The number of carbonyl (C=O) groups is 1. The molecule has 64 valence electrons. The lowest BCUT2D eigenvalue weighted by atomic mass is 10.0. The van der Waals surface area contributed by atoms with E-state index in [1.54, 1.807) is 0 Å². The van der Waals surface area contributed by atoms with Crippen molar-refractivity contribution in [1.29, 1.82) is 0 Å². The molecular formula is C7H14N2OS. The van der Waals surface area contributed by atoms with Gasteiger partial charge in [0, 0.05) is 6.92 Å². The summed E-state index contributed by atoms with van der Waals surface area (Å²) in [6.45, 7) is 5.37. The van der Waals surface area contributed by atoms with Gasteiger partial charge >= 0.3 is 0 Å². The van der Waals surface area contributed by atoms with Gasteiger partial charge < -0.3 is 11.1 Å². The zero-order valence-electron chi connectivity index (χ0n) is 7.05. The molecule has 3 nitrogen and oxygen atoms in total. The largest absolute Gasteiger partial charge is 0.392 e. The first-order valence-corrected chi connectivity index (χ1v) is 3.92. The van der Waals surface area contributed by atoms with E-state index in [4.69, 9.17) is 18.0 Å². The van der Waals surface area contributed by atoms with Crippen LogP contribution < -0.4 is 11.1 Å². The molecular weight excluding hydrogens is 160 g/mol. The van der Waals surface area contributed by atoms with E-state index in [2.05, 4.69) is 5.32 Å². The summed E-state index contributed by atoms with van der Waals surface area (Å²) in [6.07, 6.45) is 0. The molecule has 0 fully saturated rings. The number of amides is 1. The summed E-state index contributed by atoms with van der Waals surface area (Å²) in [5, 5.41) is 2.67. The van der Waals surface area contributed by atoms with Crippen molar-refractivity contribution in [2.45, 2.75) is 26.8 Å². The van der Waals surface area contributed by atoms with E-state index in [1.807, 2.05) is 13.8 Å². The van der Waals surface area contributed by atoms with Gasteiger partial charge in [0.25, 0.3) is 0 Å². The normalized spacial score (nSPS) is 12.7. The summed E-state index contributed by atoms with van der Waals surface area (Å²) in [5.74, 6) is 0.146. The number of nitrogens with one attached hydrogen (secondary N) is 1. The molecule has 0 aliphatic heterocycles. The Labute approximate surface area is 72.3 Å². The zero-order chi connectivity index (χ0) is 9.02. The van der Waals surface area contributed by atoms with Crippen LogP contribution in [-0.4, -0.2) is 16.9 Å². The maximum atomic E-state index is 10.6. The summed E-state index contributed by atoms with van der Waals surface area (Å²) in [4.78, 5) is 11.0. The Bertz CT molecular complexity index is 168. The quantitative estimate of drug-likeness (QED) is 0.610. The minimum atomic E-state index is -0.178. The molecule has 0 aromatic carbocycles. The molecule has 0 heterocycles. The number of carbonyl (C=O) groups excluding carboxylic acids is 1. The van der Waals surface area contributed by atoms with Gasteiger partial charge in [0.15, 0.2) is 0 Å². The predicted molar refractivity (Wildman–Crippen MR) is 49.2 cm³/mol. The first-order chi connectivity index (χ1) is 4.95. The molecule has 0 aliphatic rings. The highest BCUT2D eigenvalue weighted by molar-refractivity contribution is 7.80. The second-order valence-electron chi connectivity index (χ2n) is 2.82. The van der Waals surface area contributed by atoms with Crippen LogP contribution in [0.5, 0.6) is 0 Å². The van der Waals surface area contributed by atoms with Crippen molar-refractivity contribution < 1.29 is 4.79 Å². The van der Waals surface area contributed by atoms with E-state index < -0.39 is 0 Å². The van der Waals surface area contributed by atoms with Gasteiger partial charge in [-0.05, 0) is 5.92 Å². The van der Waals surface area contributed by atoms with E-state index in [0.29, 0.717) is 4.99 Å². The van der Waals surface area contributed by atoms with E-state index in [9.17, 15) is 4.79 Å². The molecule has 0 bridgehead atoms. The monoisotopic (exact) mass is 174 g/mol. The summed E-state index contributed by atoms with van der Waals surface area (Å²) < 4.78 is 0. The average molecular weight is 174 g/mol. The van der Waals surface area contributed by atoms with E-state index in [-0.39, 0.29) is 17.9 Å². The lowest BCUT2D eigenvalue weighted by molar-refractivity contribution is -0.119. The van der Waals surface area contributed by atoms with Crippen molar-refractivity contribution in [2.75, 3.05) is 0 Å². The van der Waals surface area contributed by atoms with Crippen LogP contribution in [0.25, 0.3) is 0 Å². The fourth-order valence-corrected chi connectivity index (χ4v) is 1.12. The van der Waals surface area contributed by atoms with Gasteiger partial charge in [-0.1, -0.05) is 26.1 Å². The lowest BCUT2D eigenvalue weighted by Crippen LogP contribution is -2.45. The second kappa shape index (κ2) is 4.28. The Morgan fingerprint density at radius 3 is 2.09 bits per heavy atom. The maximum absolute atomic E-state index is 10.6.